The van der Waals surface area contributed by atoms with Crippen molar-refractivity contribution in [2.75, 3.05) is 18.6 Å². The first-order valence-corrected chi connectivity index (χ1v) is 11.0. The summed E-state index contributed by atoms with van der Waals surface area (Å²) in [6.45, 7) is 4.29. The predicted molar refractivity (Wildman–Crippen MR) is 120 cm³/mol. The summed E-state index contributed by atoms with van der Waals surface area (Å²) in [5.74, 6) is -0.632. The maximum absolute atomic E-state index is 15.3. The highest BCUT2D eigenvalue weighted by atomic mass is 32.1. The van der Waals surface area contributed by atoms with Crippen LogP contribution in [0.2, 0.25) is 0 Å². The number of rotatable bonds is 5. The SMILES string of the molecule is CONC1=CN(c2cc3c(cc2F)c(=O)c2c(=O)[nH]sc2n3C2CC2)CC1C(C)(C)N. The summed E-state index contributed by atoms with van der Waals surface area (Å²) in [4.78, 5) is 32.7. The van der Waals surface area contributed by atoms with E-state index in [0.717, 1.165) is 30.1 Å². The van der Waals surface area contributed by atoms with E-state index in [9.17, 15) is 9.59 Å². The van der Waals surface area contributed by atoms with Crippen molar-refractivity contribution in [3.8, 4) is 0 Å². The number of anilines is 1. The number of nitrogens with zero attached hydrogens (tertiary/aromatic N) is 2. The molecule has 0 spiro atoms. The van der Waals surface area contributed by atoms with E-state index in [0.29, 0.717) is 22.6 Å². The summed E-state index contributed by atoms with van der Waals surface area (Å²) in [6, 6.07) is 3.16. The second-order valence-corrected chi connectivity index (χ2v) is 9.68. The van der Waals surface area contributed by atoms with Crippen LogP contribution in [0.1, 0.15) is 32.7 Å². The first kappa shape index (κ1) is 20.2. The van der Waals surface area contributed by atoms with Gasteiger partial charge in [0.15, 0.2) is 0 Å². The fourth-order valence-corrected chi connectivity index (χ4v) is 5.30. The molecule has 4 N–H and O–H groups in total. The van der Waals surface area contributed by atoms with E-state index in [-0.39, 0.29) is 22.7 Å². The van der Waals surface area contributed by atoms with Gasteiger partial charge in [-0.2, -0.15) is 0 Å². The zero-order valence-electron chi connectivity index (χ0n) is 17.5. The predicted octanol–water partition coefficient (Wildman–Crippen LogP) is 2.54. The number of aromatic nitrogens is 2. The summed E-state index contributed by atoms with van der Waals surface area (Å²) >= 11 is 1.15. The molecule has 1 saturated carbocycles. The van der Waals surface area contributed by atoms with Gasteiger partial charge in [0, 0.05) is 35.6 Å². The Hall–Kier alpha value is -2.69. The molecule has 5 rings (SSSR count). The van der Waals surface area contributed by atoms with Gasteiger partial charge in [-0.15, -0.1) is 0 Å². The van der Waals surface area contributed by atoms with Gasteiger partial charge in [0.25, 0.3) is 5.56 Å². The van der Waals surface area contributed by atoms with Crippen molar-refractivity contribution in [1.82, 2.24) is 14.4 Å². The Balaban J connectivity index is 1.72. The van der Waals surface area contributed by atoms with Crippen molar-refractivity contribution in [2.24, 2.45) is 11.7 Å². The molecule has 2 aliphatic rings. The third kappa shape index (κ3) is 3.17. The van der Waals surface area contributed by atoms with Crippen LogP contribution in [0.5, 0.6) is 0 Å². The van der Waals surface area contributed by atoms with E-state index in [2.05, 4.69) is 9.85 Å². The van der Waals surface area contributed by atoms with E-state index in [1.54, 1.807) is 17.2 Å². The summed E-state index contributed by atoms with van der Waals surface area (Å²) in [7, 11) is 1.52. The standard InChI is InChI=1S/C21H24FN5O3S/c1-21(2,23)12-8-26(9-14(12)24-30-3)16-7-15-11(6-13(16)22)18(28)17-19(29)25-31-20(17)27(15)10-4-5-10/h6-7,9-10,12,24H,4-5,8,23H2,1-3H3,(H,25,29). The fraction of sp³-hybridized carbons (Fsp3) is 0.429. The molecular formula is C21H24FN5O3S. The van der Waals surface area contributed by atoms with Crippen LogP contribution in [0.4, 0.5) is 10.1 Å². The topological polar surface area (TPSA) is 105 Å². The molecule has 1 atom stereocenters. The maximum atomic E-state index is 15.3. The Morgan fingerprint density at radius 1 is 1.32 bits per heavy atom. The van der Waals surface area contributed by atoms with Gasteiger partial charge in [0.2, 0.25) is 5.43 Å². The number of benzene rings is 1. The lowest BCUT2D eigenvalue weighted by Gasteiger charge is -2.30. The molecule has 1 fully saturated rings. The van der Waals surface area contributed by atoms with Crippen LogP contribution in [0.3, 0.4) is 0 Å². The van der Waals surface area contributed by atoms with E-state index in [1.165, 1.54) is 13.2 Å². The molecule has 1 unspecified atom stereocenters. The lowest BCUT2D eigenvalue weighted by Crippen LogP contribution is -2.45. The first-order valence-electron chi connectivity index (χ1n) is 10.2. The van der Waals surface area contributed by atoms with E-state index >= 15 is 4.39 Å². The number of nitrogens with one attached hydrogen (secondary N) is 2. The Morgan fingerprint density at radius 2 is 2.06 bits per heavy atom. The van der Waals surface area contributed by atoms with Gasteiger partial charge in [-0.05, 0) is 50.4 Å². The highest BCUT2D eigenvalue weighted by molar-refractivity contribution is 7.12. The van der Waals surface area contributed by atoms with Crippen LogP contribution < -0.4 is 27.1 Å². The molecule has 0 bridgehead atoms. The average molecular weight is 446 g/mol. The number of hydrogen-bond donors (Lipinski definition) is 3. The molecule has 3 heterocycles. The van der Waals surface area contributed by atoms with Crippen molar-refractivity contribution >= 4 is 38.3 Å². The van der Waals surface area contributed by atoms with Crippen molar-refractivity contribution in [2.45, 2.75) is 38.3 Å². The summed E-state index contributed by atoms with van der Waals surface area (Å²) < 4.78 is 19.9. The van der Waals surface area contributed by atoms with E-state index in [4.69, 9.17) is 10.6 Å². The third-order valence-electron chi connectivity index (χ3n) is 6.09. The third-order valence-corrected chi connectivity index (χ3v) is 6.97. The fourth-order valence-electron chi connectivity index (χ4n) is 4.38. The Kier molecular flexibility index (Phi) is 4.51. The van der Waals surface area contributed by atoms with Gasteiger partial charge < -0.3 is 15.2 Å². The minimum atomic E-state index is -0.557. The molecule has 3 aromatic rings. The number of hydroxylamine groups is 1. The smallest absolute Gasteiger partial charge is 0.271 e. The lowest BCUT2D eigenvalue weighted by molar-refractivity contribution is 0.104. The molecule has 0 amide bonds. The van der Waals surface area contributed by atoms with Gasteiger partial charge in [0.05, 0.1) is 24.0 Å². The molecular weight excluding hydrogens is 421 g/mol. The monoisotopic (exact) mass is 445 g/mol. The van der Waals surface area contributed by atoms with Gasteiger partial charge >= 0.3 is 0 Å². The van der Waals surface area contributed by atoms with E-state index < -0.39 is 22.3 Å². The van der Waals surface area contributed by atoms with Gasteiger partial charge in [-0.3, -0.25) is 24.3 Å². The Morgan fingerprint density at radius 3 is 2.71 bits per heavy atom. The molecule has 0 saturated heterocycles. The number of hydrogen-bond acceptors (Lipinski definition) is 7. The highest BCUT2D eigenvalue weighted by Gasteiger charge is 2.37. The molecule has 164 valence electrons. The quantitative estimate of drug-likeness (QED) is 0.522. The second kappa shape index (κ2) is 6.91. The van der Waals surface area contributed by atoms with Crippen molar-refractivity contribution in [3.05, 3.63) is 50.4 Å². The van der Waals surface area contributed by atoms with Crippen LogP contribution in [-0.2, 0) is 4.84 Å². The molecule has 1 aliphatic carbocycles. The van der Waals surface area contributed by atoms with Crippen LogP contribution in [0.15, 0.2) is 33.6 Å². The summed E-state index contributed by atoms with van der Waals surface area (Å²) in [5.41, 5.74) is 9.54. The number of nitrogens with two attached hydrogens (primary N) is 1. The Bertz CT molecular complexity index is 1350. The van der Waals surface area contributed by atoms with E-state index in [1.807, 2.05) is 18.4 Å². The number of H-pyrrole nitrogens is 1. The van der Waals surface area contributed by atoms with Crippen molar-refractivity contribution < 1.29 is 9.23 Å². The molecule has 1 aromatic carbocycles. The van der Waals surface area contributed by atoms with Gasteiger partial charge in [-0.1, -0.05) is 0 Å². The molecule has 1 aliphatic heterocycles. The van der Waals surface area contributed by atoms with Crippen LogP contribution in [0, 0.1) is 11.7 Å². The number of pyridine rings is 1. The minimum absolute atomic E-state index is 0.106. The average Bonchev–Trinajstić information content (AvgIpc) is 3.32. The summed E-state index contributed by atoms with van der Waals surface area (Å²) in [5, 5.41) is 0.327. The number of aromatic amines is 1. The van der Waals surface area contributed by atoms with Crippen LogP contribution >= 0.6 is 11.5 Å². The molecule has 8 nitrogen and oxygen atoms in total. The first-order chi connectivity index (χ1) is 14.7. The Labute approximate surface area is 181 Å². The summed E-state index contributed by atoms with van der Waals surface area (Å²) in [6.07, 6.45) is 3.71. The van der Waals surface area contributed by atoms with Gasteiger partial charge in [0.1, 0.15) is 16.0 Å². The zero-order valence-corrected chi connectivity index (χ0v) is 18.3. The molecule has 2 aromatic heterocycles. The van der Waals surface area contributed by atoms with Crippen molar-refractivity contribution in [1.29, 1.82) is 0 Å². The number of halogens is 1. The lowest BCUT2D eigenvalue weighted by atomic mass is 9.87. The van der Waals surface area contributed by atoms with Crippen LogP contribution in [0.25, 0.3) is 21.1 Å². The maximum Gasteiger partial charge on any atom is 0.271 e. The zero-order chi connectivity index (χ0) is 22.1. The minimum Gasteiger partial charge on any atom is -0.343 e. The van der Waals surface area contributed by atoms with Gasteiger partial charge in [-0.25, -0.2) is 4.39 Å². The normalized spacial score (nSPS) is 19.5. The highest BCUT2D eigenvalue weighted by Crippen LogP contribution is 2.41. The molecule has 0 radical (unpaired) electrons. The second-order valence-electron chi connectivity index (χ2n) is 8.88. The van der Waals surface area contributed by atoms with Crippen molar-refractivity contribution in [3.63, 3.8) is 0 Å². The molecule has 31 heavy (non-hydrogen) atoms. The van der Waals surface area contributed by atoms with Crippen LogP contribution in [-0.4, -0.2) is 28.1 Å². The largest absolute Gasteiger partial charge is 0.343 e. The number of fused-ring (bicyclic) bond motifs is 2. The molecule has 10 heteroatoms.